The molecule has 0 amide bonds. The zero-order valence-corrected chi connectivity index (χ0v) is 17.0. The van der Waals surface area contributed by atoms with Crippen LogP contribution in [0.5, 0.6) is 0 Å². The molecule has 0 aromatic heterocycles. The maximum absolute atomic E-state index is 12.1. The summed E-state index contributed by atoms with van der Waals surface area (Å²) in [5.74, 6) is 3.51. The van der Waals surface area contributed by atoms with Gasteiger partial charge in [-0.2, -0.15) is 11.8 Å². The molecular formula is C21H36O3S. The largest absolute Gasteiger partial charge is 0.466 e. The molecule has 2 atom stereocenters. The number of thioether (sulfide) groups is 1. The smallest absolute Gasteiger partial charge is 0.305 e. The quantitative estimate of drug-likeness (QED) is 0.228. The predicted molar refractivity (Wildman–Crippen MR) is 107 cm³/mol. The van der Waals surface area contributed by atoms with E-state index < -0.39 is 0 Å². The predicted octanol–water partition coefficient (Wildman–Crippen LogP) is 5.57. The zero-order valence-electron chi connectivity index (χ0n) is 16.1. The molecule has 0 unspecified atom stereocenters. The number of hydrogen-bond donors (Lipinski definition) is 0. The fraction of sp³-hybridized carbons (Fsp3) is 0.810. The van der Waals surface area contributed by atoms with Crippen molar-refractivity contribution < 1.29 is 14.3 Å². The van der Waals surface area contributed by atoms with E-state index in [1.54, 1.807) is 0 Å². The van der Waals surface area contributed by atoms with Crippen molar-refractivity contribution in [3.8, 4) is 0 Å². The Bertz CT molecular complexity index is 406. The molecule has 0 spiro atoms. The Kier molecular flexibility index (Phi) is 12.8. The van der Waals surface area contributed by atoms with Crippen LogP contribution in [0, 0.1) is 11.8 Å². The van der Waals surface area contributed by atoms with Gasteiger partial charge in [0.1, 0.15) is 5.78 Å². The Morgan fingerprint density at radius 2 is 2.00 bits per heavy atom. The van der Waals surface area contributed by atoms with E-state index in [9.17, 15) is 9.59 Å². The van der Waals surface area contributed by atoms with Crippen LogP contribution >= 0.6 is 11.8 Å². The number of ether oxygens (including phenoxy) is 1. The summed E-state index contributed by atoms with van der Waals surface area (Å²) in [5, 5.41) is 0. The van der Waals surface area contributed by atoms with Crippen molar-refractivity contribution in [1.82, 2.24) is 0 Å². The highest BCUT2D eigenvalue weighted by Gasteiger charge is 2.31. The van der Waals surface area contributed by atoms with Crippen molar-refractivity contribution in [2.75, 3.05) is 18.1 Å². The molecule has 1 fully saturated rings. The summed E-state index contributed by atoms with van der Waals surface area (Å²) in [7, 11) is 0. The summed E-state index contributed by atoms with van der Waals surface area (Å²) in [4.78, 5) is 23.4. The van der Waals surface area contributed by atoms with Crippen molar-refractivity contribution in [3.63, 3.8) is 0 Å². The maximum atomic E-state index is 12.1. The van der Waals surface area contributed by atoms with E-state index in [0.717, 1.165) is 51.4 Å². The molecule has 0 aliphatic heterocycles. The Balaban J connectivity index is 2.16. The molecule has 3 nitrogen and oxygen atoms in total. The number of esters is 1. The van der Waals surface area contributed by atoms with E-state index in [1.807, 2.05) is 18.7 Å². The number of ketones is 1. The van der Waals surface area contributed by atoms with E-state index in [-0.39, 0.29) is 11.9 Å². The van der Waals surface area contributed by atoms with Gasteiger partial charge in [0, 0.05) is 18.8 Å². The van der Waals surface area contributed by atoms with Crippen molar-refractivity contribution >= 4 is 23.5 Å². The molecule has 4 heteroatoms. The molecule has 0 aromatic rings. The molecule has 0 heterocycles. The van der Waals surface area contributed by atoms with Crippen LogP contribution in [0.1, 0.15) is 78.1 Å². The molecule has 0 radical (unpaired) electrons. The fourth-order valence-corrected chi connectivity index (χ4v) is 4.14. The minimum absolute atomic E-state index is 0.0870. The summed E-state index contributed by atoms with van der Waals surface area (Å²) in [6, 6.07) is 0. The van der Waals surface area contributed by atoms with Crippen LogP contribution in [-0.4, -0.2) is 29.9 Å². The Labute approximate surface area is 158 Å². The lowest BCUT2D eigenvalue weighted by atomic mass is 9.89. The van der Waals surface area contributed by atoms with Gasteiger partial charge < -0.3 is 4.74 Å². The van der Waals surface area contributed by atoms with E-state index in [0.29, 0.717) is 24.7 Å². The minimum Gasteiger partial charge on any atom is -0.466 e. The lowest BCUT2D eigenvalue weighted by Crippen LogP contribution is -2.13. The van der Waals surface area contributed by atoms with Crippen LogP contribution in [0.25, 0.3) is 0 Å². The van der Waals surface area contributed by atoms with E-state index in [1.165, 1.54) is 17.9 Å². The molecule has 1 aliphatic carbocycles. The summed E-state index contributed by atoms with van der Waals surface area (Å²) < 4.78 is 4.93. The van der Waals surface area contributed by atoms with Crippen molar-refractivity contribution in [1.29, 1.82) is 0 Å². The average Bonchev–Trinajstić information content (AvgIpc) is 2.94. The molecule has 1 aliphatic rings. The number of rotatable bonds is 14. The third kappa shape index (κ3) is 10.1. The third-order valence-electron chi connectivity index (χ3n) is 4.85. The molecule has 1 saturated carbocycles. The highest BCUT2D eigenvalue weighted by atomic mass is 32.2. The first-order chi connectivity index (χ1) is 12.2. The number of hydrogen-bond acceptors (Lipinski definition) is 4. The summed E-state index contributed by atoms with van der Waals surface area (Å²) in [5.41, 5.74) is 0. The molecule has 0 bridgehead atoms. The fourth-order valence-electron chi connectivity index (χ4n) is 3.48. The Morgan fingerprint density at radius 3 is 2.76 bits per heavy atom. The first kappa shape index (κ1) is 22.3. The van der Waals surface area contributed by atoms with Crippen LogP contribution in [0.15, 0.2) is 12.2 Å². The first-order valence-corrected chi connectivity index (χ1v) is 11.3. The summed E-state index contributed by atoms with van der Waals surface area (Å²) >= 11 is 2.00. The third-order valence-corrected chi connectivity index (χ3v) is 5.84. The summed E-state index contributed by atoms with van der Waals surface area (Å²) in [6.45, 7) is 4.51. The number of Topliss-reactive ketones (excluding diaryl/α,β-unsaturated/α-hetero) is 1. The van der Waals surface area contributed by atoms with Gasteiger partial charge >= 0.3 is 5.97 Å². The SMILES string of the molecule is CCOC(=O)CCCCCC[C@H]1C(=O)CC[C@@H]1C=CCCCSCC. The number of allylic oxidation sites excluding steroid dienone is 2. The van der Waals surface area contributed by atoms with Crippen LogP contribution in [-0.2, 0) is 14.3 Å². The van der Waals surface area contributed by atoms with E-state index in [4.69, 9.17) is 4.74 Å². The first-order valence-electron chi connectivity index (χ1n) is 10.1. The van der Waals surface area contributed by atoms with Crippen LogP contribution in [0.2, 0.25) is 0 Å². The van der Waals surface area contributed by atoms with Crippen molar-refractivity contribution in [3.05, 3.63) is 12.2 Å². The van der Waals surface area contributed by atoms with Crippen LogP contribution in [0.4, 0.5) is 0 Å². The Hall–Kier alpha value is -0.770. The van der Waals surface area contributed by atoms with Gasteiger partial charge in [-0.1, -0.05) is 38.3 Å². The van der Waals surface area contributed by atoms with Gasteiger partial charge in [0.15, 0.2) is 0 Å². The monoisotopic (exact) mass is 368 g/mol. The molecule has 25 heavy (non-hydrogen) atoms. The van der Waals surface area contributed by atoms with Gasteiger partial charge in [0.25, 0.3) is 0 Å². The van der Waals surface area contributed by atoms with Gasteiger partial charge in [-0.15, -0.1) is 0 Å². The summed E-state index contributed by atoms with van der Waals surface area (Å²) in [6.07, 6.45) is 14.5. The number of unbranched alkanes of at least 4 members (excludes halogenated alkanes) is 4. The highest BCUT2D eigenvalue weighted by molar-refractivity contribution is 7.99. The minimum atomic E-state index is -0.0870. The molecule has 144 valence electrons. The zero-order chi connectivity index (χ0) is 18.3. The Morgan fingerprint density at radius 1 is 1.20 bits per heavy atom. The second-order valence-corrected chi connectivity index (χ2v) is 8.19. The molecular weight excluding hydrogens is 332 g/mol. The van der Waals surface area contributed by atoms with Gasteiger partial charge in [-0.25, -0.2) is 0 Å². The van der Waals surface area contributed by atoms with Gasteiger partial charge in [0.2, 0.25) is 0 Å². The molecule has 0 aromatic carbocycles. The number of carbonyl (C=O) groups is 2. The average molecular weight is 369 g/mol. The van der Waals surface area contributed by atoms with E-state index in [2.05, 4.69) is 19.1 Å². The number of carbonyl (C=O) groups excluding carboxylic acids is 2. The molecule has 0 saturated heterocycles. The highest BCUT2D eigenvalue weighted by Crippen LogP contribution is 2.34. The topological polar surface area (TPSA) is 43.4 Å². The second kappa shape index (κ2) is 14.4. The van der Waals surface area contributed by atoms with Crippen molar-refractivity contribution in [2.45, 2.75) is 78.1 Å². The lowest BCUT2D eigenvalue weighted by Gasteiger charge is -2.14. The standard InChI is InChI=1S/C21H36O3S/c1-3-24-21(23)14-10-6-5-9-13-19-18(15-16-20(19)22)12-8-7-11-17-25-4-2/h8,12,18-19H,3-7,9-11,13-17H2,1-2H3/t18-,19+/m0/s1. The van der Waals surface area contributed by atoms with Gasteiger partial charge in [-0.05, 0) is 56.5 Å². The molecule has 0 N–H and O–H groups in total. The second-order valence-electron chi connectivity index (χ2n) is 6.80. The van der Waals surface area contributed by atoms with Crippen LogP contribution < -0.4 is 0 Å². The van der Waals surface area contributed by atoms with E-state index >= 15 is 0 Å². The van der Waals surface area contributed by atoms with Gasteiger partial charge in [0.05, 0.1) is 6.61 Å². The van der Waals surface area contributed by atoms with Gasteiger partial charge in [-0.3, -0.25) is 9.59 Å². The molecule has 1 rings (SSSR count). The maximum Gasteiger partial charge on any atom is 0.305 e. The van der Waals surface area contributed by atoms with Crippen LogP contribution in [0.3, 0.4) is 0 Å². The normalized spacial score (nSPS) is 20.5. The van der Waals surface area contributed by atoms with Crippen molar-refractivity contribution in [2.24, 2.45) is 11.8 Å². The lowest BCUT2D eigenvalue weighted by molar-refractivity contribution is -0.143.